The van der Waals surface area contributed by atoms with Gasteiger partial charge in [0.2, 0.25) is 58.0 Å². The number of ether oxygens (including phenoxy) is 15. The zero-order valence-electron chi connectivity index (χ0n) is 64.7. The summed E-state index contributed by atoms with van der Waals surface area (Å²) in [6.45, 7) is 20.2. The monoisotopic (exact) mass is 1600 g/mol. The Balaban J connectivity index is 0.000000212. The van der Waals surface area contributed by atoms with Crippen molar-refractivity contribution in [1.82, 2.24) is 29.9 Å². The van der Waals surface area contributed by atoms with Crippen molar-refractivity contribution in [2.45, 2.75) is 116 Å². The Labute approximate surface area is 650 Å². The third kappa shape index (κ3) is 28.3. The number of aliphatic hydroxyl groups is 2. The van der Waals surface area contributed by atoms with E-state index in [1.807, 2.05) is 61.5 Å². The van der Waals surface area contributed by atoms with Gasteiger partial charge in [0.15, 0.2) is 40.6 Å². The maximum Gasteiger partial charge on any atom is 0.325 e. The first-order valence-electron chi connectivity index (χ1n) is 34.6. The van der Waals surface area contributed by atoms with Gasteiger partial charge in [-0.15, -0.1) is 0 Å². The van der Waals surface area contributed by atoms with Crippen LogP contribution in [-0.4, -0.2) is 249 Å². The summed E-state index contributed by atoms with van der Waals surface area (Å²) in [6, 6.07) is 17.5. The van der Waals surface area contributed by atoms with Gasteiger partial charge in [-0.05, 0) is 80.5 Å². The number of hydrogen-bond donors (Lipinski definition) is 9. The highest BCUT2D eigenvalue weighted by Gasteiger charge is 2.39. The fourth-order valence-corrected chi connectivity index (χ4v) is 10.0. The Kier molecular flexibility index (Phi) is 34.4. The van der Waals surface area contributed by atoms with Crippen LogP contribution in [0.1, 0.15) is 62.3 Å². The topological polar surface area (TPSA) is 521 Å². The number of pyridine rings is 6. The normalized spacial score (nSPS) is 16.8. The van der Waals surface area contributed by atoms with Crippen LogP contribution in [-0.2, 0) is 52.2 Å². The van der Waals surface area contributed by atoms with Crippen LogP contribution in [0.5, 0.6) is 35.3 Å². The third-order valence-electron chi connectivity index (χ3n) is 15.8. The van der Waals surface area contributed by atoms with Gasteiger partial charge in [-0.2, -0.15) is 29.9 Å². The summed E-state index contributed by atoms with van der Waals surface area (Å²) in [7, 11) is 8.91. The molecule has 112 heavy (non-hydrogen) atoms. The highest BCUT2D eigenvalue weighted by molar-refractivity contribution is 6.31. The molecule has 5 aliphatic heterocycles. The third-order valence-corrected chi connectivity index (χ3v) is 16.1. The largest absolute Gasteiger partial charge is 0.481 e. The lowest BCUT2D eigenvalue weighted by Gasteiger charge is -2.41. The van der Waals surface area contributed by atoms with Crippen LogP contribution in [0.25, 0.3) is 0 Å². The van der Waals surface area contributed by atoms with Crippen molar-refractivity contribution in [1.29, 1.82) is 0 Å². The van der Waals surface area contributed by atoms with E-state index in [2.05, 4.69) is 61.8 Å². The molecule has 4 fully saturated rings. The minimum absolute atomic E-state index is 0.0277. The lowest BCUT2D eigenvalue weighted by molar-refractivity contribution is -0.385. The maximum atomic E-state index is 12.3. The molecule has 11 rings (SSSR count). The molecule has 0 bridgehead atoms. The number of carbonyl (C=O) groups is 2. The van der Waals surface area contributed by atoms with Gasteiger partial charge in [0.25, 0.3) is 0 Å². The van der Waals surface area contributed by atoms with Crippen molar-refractivity contribution in [3.63, 3.8) is 0 Å². The highest BCUT2D eigenvalue weighted by atomic mass is 35.5. The zero-order chi connectivity index (χ0) is 82.5. The van der Waals surface area contributed by atoms with Gasteiger partial charge in [0.05, 0.1) is 184 Å². The number of rotatable bonds is 24. The molecule has 0 aliphatic carbocycles. The summed E-state index contributed by atoms with van der Waals surface area (Å²) in [6.07, 6.45) is 0. The second-order valence-corrected chi connectivity index (χ2v) is 26.2. The van der Waals surface area contributed by atoms with Crippen LogP contribution in [0.2, 0.25) is 5.15 Å². The number of anilines is 8. The van der Waals surface area contributed by atoms with E-state index in [0.717, 1.165) is 5.69 Å². The second kappa shape index (κ2) is 42.7. The first kappa shape index (κ1) is 90.2. The average Bonchev–Trinajstić information content (AvgIpc) is 0.779. The molecule has 0 unspecified atom stereocenters. The van der Waals surface area contributed by atoms with E-state index in [-0.39, 0.29) is 108 Å². The summed E-state index contributed by atoms with van der Waals surface area (Å²) in [5.74, 6) is 1.29. The molecule has 11 heterocycles. The number of halogens is 1. The van der Waals surface area contributed by atoms with E-state index in [4.69, 9.17) is 98.6 Å². The molecule has 42 nitrogen and oxygen atoms in total. The summed E-state index contributed by atoms with van der Waals surface area (Å²) in [5.41, 5.74) is 7.31. The quantitative estimate of drug-likeness (QED) is 0.0129. The zero-order valence-corrected chi connectivity index (χ0v) is 65.5. The lowest BCUT2D eigenvalue weighted by atomic mass is 10.1. The highest BCUT2D eigenvalue weighted by Crippen LogP contribution is 2.35. The molecule has 4 saturated heterocycles. The molecule has 6 aromatic heterocycles. The van der Waals surface area contributed by atoms with E-state index in [1.165, 1.54) is 57.7 Å². The molecule has 6 aromatic rings. The van der Waals surface area contributed by atoms with Gasteiger partial charge in [-0.3, -0.25) is 44.8 Å². The minimum atomic E-state index is -0.715. The van der Waals surface area contributed by atoms with Crippen molar-refractivity contribution >= 4 is 86.7 Å². The summed E-state index contributed by atoms with van der Waals surface area (Å²) in [5, 5.41) is 67.7. The van der Waals surface area contributed by atoms with E-state index < -0.39 is 44.0 Å². The van der Waals surface area contributed by atoms with Crippen LogP contribution in [0.15, 0.2) is 72.8 Å². The van der Waals surface area contributed by atoms with Crippen molar-refractivity contribution in [3.8, 4) is 35.3 Å². The van der Waals surface area contributed by atoms with Crippen LogP contribution in [0.4, 0.5) is 63.2 Å². The molecule has 0 spiro atoms. The Morgan fingerprint density at radius 3 is 1.35 bits per heavy atom. The molecule has 0 saturated carbocycles. The fourth-order valence-electron chi connectivity index (χ4n) is 9.83. The number of nitrogens with one attached hydrogen (secondary N) is 6. The number of hydrogen-bond acceptors (Lipinski definition) is 38. The lowest BCUT2D eigenvalue weighted by Crippen LogP contribution is -2.55. The number of carbonyl (C=O) groups excluding carboxylic acids is 2. The molecule has 0 radical (unpaired) electrons. The molecule has 1 amide bonds. The van der Waals surface area contributed by atoms with Gasteiger partial charge in [-0.25, -0.2) is 0 Å². The minimum Gasteiger partial charge on any atom is -0.481 e. The molecule has 0 atom stereocenters. The Morgan fingerprint density at radius 2 is 0.911 bits per heavy atom. The average molecular weight is 1600 g/mol. The van der Waals surface area contributed by atoms with Crippen molar-refractivity contribution < 1.29 is 106 Å². The number of nitrogens with zero attached hydrogens (tertiary/aromatic N) is 10. The van der Waals surface area contributed by atoms with Gasteiger partial charge in [0.1, 0.15) is 6.54 Å². The van der Waals surface area contributed by atoms with Gasteiger partial charge < -0.3 is 119 Å². The molecule has 616 valence electrons. The number of fused-ring (bicyclic) bond motifs is 1. The number of nitrogens with two attached hydrogens (primary N) is 1. The number of nitrogen functional groups attached to an aromatic ring is 1. The number of nitro groups is 3. The fraction of sp³-hybridized carbons (Fsp3) is 0.536. The van der Waals surface area contributed by atoms with Crippen LogP contribution in [0.3, 0.4) is 0 Å². The smallest absolute Gasteiger partial charge is 0.325 e. The number of aliphatic hydroxyl groups excluding tert-OH is 2. The first-order chi connectivity index (χ1) is 53.1. The molecular weight excluding hydrogens is 1500 g/mol. The van der Waals surface area contributed by atoms with Crippen LogP contribution >= 0.6 is 11.6 Å². The van der Waals surface area contributed by atoms with Crippen LogP contribution < -0.4 is 71.0 Å². The molecular formula is C69H98ClN17O25. The van der Waals surface area contributed by atoms with E-state index in [9.17, 15) is 39.9 Å². The summed E-state index contributed by atoms with van der Waals surface area (Å²) < 4.78 is 79.5. The molecule has 5 aliphatic rings. The Bertz CT molecular complexity index is 4040. The number of aromatic nitrogens is 6. The van der Waals surface area contributed by atoms with Crippen molar-refractivity contribution in [2.24, 2.45) is 0 Å². The van der Waals surface area contributed by atoms with E-state index in [1.54, 1.807) is 63.5 Å². The predicted octanol–water partition coefficient (Wildman–Crippen LogP) is 6.84. The first-order valence-corrected chi connectivity index (χ1v) is 35.0. The van der Waals surface area contributed by atoms with E-state index in [0.29, 0.717) is 112 Å². The summed E-state index contributed by atoms with van der Waals surface area (Å²) in [4.78, 5) is 80.3. The maximum absolute atomic E-state index is 12.3. The number of methoxy groups -OCH3 is 6. The SMILES string of the molecule is CCOC(=O)CNc1ccc(OC)nc1NC1COC(C)(C)OC1.COc1ccc(N)c(NC2COC(C)(C)OC2)n1.COc1ccc([N+](=O)[O-])c(Cl)n1.COc1ccc([N+](=O)[O-])c(NC(CO)CO)n1.COc1ccc([N+](=O)[O-])c(NC2COC(C)(C)OC2)n1.COc1ccc2c(n1)N(C1COC(C)(C)OC1)C(=O)CN2. The second-order valence-electron chi connectivity index (χ2n) is 25.9. The van der Waals surface area contributed by atoms with Gasteiger partial charge in [0, 0.05) is 54.6 Å². The van der Waals surface area contributed by atoms with Crippen molar-refractivity contribution in [3.05, 3.63) is 108 Å². The predicted molar refractivity (Wildman–Crippen MR) is 407 cm³/mol. The molecule has 43 heteroatoms. The molecule has 10 N–H and O–H groups in total. The number of amides is 1. The Hall–Kier alpha value is -10.7. The van der Waals surface area contributed by atoms with E-state index >= 15 is 0 Å². The Morgan fingerprint density at radius 1 is 0.545 bits per heavy atom. The van der Waals surface area contributed by atoms with Gasteiger partial charge in [-0.1, -0.05) is 11.6 Å². The standard InChI is InChI=1S/C16H25N3O5.C14H19N3O4.C12H17N3O5.C12H19N3O3.C9H13N3O5.C6H5ClN2O3/c1-5-22-14(20)8-17-12-6-7-13(21-4)19-15(12)18-11-9-23-16(2,3)24-10-11;1-14(2)20-7-9(8-21-14)17-12(18)6-15-10-4-5-11(19-3)16-13(10)17;1-12(2)19-6-8(7-20-12)13-11-9(15(16)17)4-5-10(14-11)18-3;1-12(2)17-6-8(7-18-12)14-11-9(13)4-5-10(15-11)16-3;1-17-8-3-2-7(12(15)16)9(11-8)10-6(4-13)5-14;1-12-5-3-2-4(9(10)11)6(7)8-5/h6-7,11,17H,5,8-10H2,1-4H3,(H,18,19);4-5,9,15H,6-8H2,1-3H3;4-5,8H,6-7H2,1-3H3,(H,13,14);4-5,8H,6-7,13H2,1-3H3,(H,14,15);2-3,6,13-14H,4-5H2,1H3,(H,10,11);2-3H,1H3. The summed E-state index contributed by atoms with van der Waals surface area (Å²) >= 11 is 5.47. The molecule has 0 aromatic carbocycles. The van der Waals surface area contributed by atoms with Crippen molar-refractivity contribution in [2.75, 3.05) is 171 Å². The number of esters is 1. The van der Waals surface area contributed by atoms with Gasteiger partial charge >= 0.3 is 23.0 Å². The van der Waals surface area contributed by atoms with Crippen LogP contribution in [0, 0.1) is 30.3 Å².